The molecule has 4 aromatic rings. The zero-order valence-corrected chi connectivity index (χ0v) is 18.6. The molecule has 5 rings (SSSR count). The Morgan fingerprint density at radius 3 is 2.29 bits per heavy atom. The van der Waals surface area contributed by atoms with Crippen molar-refractivity contribution in [2.45, 2.75) is 20.0 Å². The van der Waals surface area contributed by atoms with Crippen LogP contribution in [-0.2, 0) is 13.1 Å². The molecular weight excluding hydrogens is 428 g/mol. The quantitative estimate of drug-likeness (QED) is 0.444. The third-order valence-electron chi connectivity index (χ3n) is 5.83. The first-order chi connectivity index (χ1) is 16.5. The average molecular weight is 450 g/mol. The van der Waals surface area contributed by atoms with Gasteiger partial charge in [0.05, 0.1) is 30.4 Å². The molecule has 1 N–H and O–H groups in total. The SMILES string of the molecule is Cc1ccc(Cn2nccc2NC(=O)c2ccc3c(c2)C(=O)N(Cc2ccccc2)C3=O)cc1. The van der Waals surface area contributed by atoms with Crippen LogP contribution < -0.4 is 5.32 Å². The van der Waals surface area contributed by atoms with Crippen molar-refractivity contribution in [1.82, 2.24) is 14.7 Å². The summed E-state index contributed by atoms with van der Waals surface area (Å²) in [4.78, 5) is 39.9. The van der Waals surface area contributed by atoms with Crippen LogP contribution in [0.25, 0.3) is 0 Å². The Labute approximate surface area is 196 Å². The van der Waals surface area contributed by atoms with Gasteiger partial charge in [0, 0.05) is 11.6 Å². The number of rotatable bonds is 6. The maximum Gasteiger partial charge on any atom is 0.261 e. The fraction of sp³-hybridized carbons (Fsp3) is 0.111. The van der Waals surface area contributed by atoms with Gasteiger partial charge >= 0.3 is 0 Å². The van der Waals surface area contributed by atoms with Crippen LogP contribution >= 0.6 is 0 Å². The van der Waals surface area contributed by atoms with E-state index in [4.69, 9.17) is 0 Å². The molecule has 0 spiro atoms. The number of benzene rings is 3. The topological polar surface area (TPSA) is 84.3 Å². The highest BCUT2D eigenvalue weighted by molar-refractivity contribution is 6.22. The van der Waals surface area contributed by atoms with Crippen molar-refractivity contribution >= 4 is 23.5 Å². The fourth-order valence-electron chi connectivity index (χ4n) is 3.96. The highest BCUT2D eigenvalue weighted by Crippen LogP contribution is 2.26. The van der Waals surface area contributed by atoms with Gasteiger partial charge in [0.25, 0.3) is 17.7 Å². The molecule has 0 aliphatic carbocycles. The summed E-state index contributed by atoms with van der Waals surface area (Å²) in [5.41, 5.74) is 3.93. The average Bonchev–Trinajstić information content (AvgIpc) is 3.38. The minimum absolute atomic E-state index is 0.187. The van der Waals surface area contributed by atoms with Gasteiger partial charge in [0.2, 0.25) is 0 Å². The van der Waals surface area contributed by atoms with Crippen LogP contribution in [-0.4, -0.2) is 32.4 Å². The molecule has 7 heteroatoms. The first-order valence-electron chi connectivity index (χ1n) is 10.9. The largest absolute Gasteiger partial charge is 0.307 e. The monoisotopic (exact) mass is 450 g/mol. The zero-order valence-electron chi connectivity index (χ0n) is 18.6. The number of imide groups is 1. The number of carbonyl (C=O) groups is 3. The first-order valence-corrected chi connectivity index (χ1v) is 10.9. The van der Waals surface area contributed by atoms with Crippen LogP contribution in [0, 0.1) is 6.92 Å². The smallest absolute Gasteiger partial charge is 0.261 e. The molecule has 1 aliphatic heterocycles. The van der Waals surface area contributed by atoms with E-state index in [2.05, 4.69) is 10.4 Å². The third-order valence-corrected chi connectivity index (χ3v) is 5.83. The number of hydrogen-bond donors (Lipinski definition) is 1. The van der Waals surface area contributed by atoms with Gasteiger partial charge in [-0.05, 0) is 36.2 Å². The summed E-state index contributed by atoms with van der Waals surface area (Å²) in [5.74, 6) is -0.593. The summed E-state index contributed by atoms with van der Waals surface area (Å²) in [5, 5.41) is 7.17. The van der Waals surface area contributed by atoms with Crippen molar-refractivity contribution in [3.05, 3.63) is 118 Å². The van der Waals surface area contributed by atoms with E-state index < -0.39 is 5.91 Å². The van der Waals surface area contributed by atoms with Crippen LogP contribution in [0.15, 0.2) is 85.1 Å². The number of anilines is 1. The maximum atomic E-state index is 13.0. The Balaban J connectivity index is 1.33. The lowest BCUT2D eigenvalue weighted by molar-refractivity contribution is 0.0642. The molecule has 34 heavy (non-hydrogen) atoms. The van der Waals surface area contributed by atoms with Crippen molar-refractivity contribution < 1.29 is 14.4 Å². The molecule has 3 aromatic carbocycles. The molecule has 0 radical (unpaired) electrons. The van der Waals surface area contributed by atoms with Gasteiger partial charge in [-0.3, -0.25) is 19.3 Å². The predicted molar refractivity (Wildman–Crippen MR) is 128 cm³/mol. The minimum atomic E-state index is -0.400. The molecule has 3 amide bonds. The van der Waals surface area contributed by atoms with E-state index in [1.54, 1.807) is 29.1 Å². The number of aromatic nitrogens is 2. The lowest BCUT2D eigenvalue weighted by Crippen LogP contribution is -2.29. The molecule has 0 unspecified atom stereocenters. The van der Waals surface area contributed by atoms with Crippen molar-refractivity contribution in [2.75, 3.05) is 5.32 Å². The summed E-state index contributed by atoms with van der Waals surface area (Å²) in [7, 11) is 0. The van der Waals surface area contributed by atoms with Crippen LogP contribution in [0.5, 0.6) is 0 Å². The molecule has 0 bridgehead atoms. The lowest BCUT2D eigenvalue weighted by atomic mass is 10.1. The van der Waals surface area contributed by atoms with E-state index in [0.29, 0.717) is 23.5 Å². The minimum Gasteiger partial charge on any atom is -0.307 e. The van der Waals surface area contributed by atoms with Crippen LogP contribution in [0.4, 0.5) is 5.82 Å². The number of nitrogens with one attached hydrogen (secondary N) is 1. The number of hydrogen-bond acceptors (Lipinski definition) is 4. The highest BCUT2D eigenvalue weighted by atomic mass is 16.2. The predicted octanol–water partition coefficient (Wildman–Crippen LogP) is 4.29. The second-order valence-electron chi connectivity index (χ2n) is 8.26. The Kier molecular flexibility index (Phi) is 5.51. The molecule has 1 aliphatic rings. The van der Waals surface area contributed by atoms with E-state index in [1.165, 1.54) is 16.5 Å². The summed E-state index contributed by atoms with van der Waals surface area (Å²) in [6.45, 7) is 2.72. The Hall–Kier alpha value is -4.52. The number of nitrogens with zero attached hydrogens (tertiary/aromatic N) is 3. The molecule has 7 nitrogen and oxygen atoms in total. The van der Waals surface area contributed by atoms with E-state index in [-0.39, 0.29) is 23.9 Å². The standard InChI is InChI=1S/C27H22N4O3/c1-18-7-9-20(10-8-18)17-31-24(13-14-28-31)29-25(32)21-11-12-22-23(15-21)27(34)30(26(22)33)16-19-5-3-2-4-6-19/h2-15H,16-17H2,1H3,(H,29,32). The van der Waals surface area contributed by atoms with E-state index in [9.17, 15) is 14.4 Å². The van der Waals surface area contributed by atoms with E-state index in [0.717, 1.165) is 11.1 Å². The molecule has 0 fully saturated rings. The van der Waals surface area contributed by atoms with Gasteiger partial charge in [-0.15, -0.1) is 0 Å². The molecule has 168 valence electrons. The van der Waals surface area contributed by atoms with Crippen molar-refractivity contribution in [2.24, 2.45) is 0 Å². The van der Waals surface area contributed by atoms with E-state index >= 15 is 0 Å². The van der Waals surface area contributed by atoms with Gasteiger partial charge in [-0.2, -0.15) is 5.10 Å². The molecule has 2 heterocycles. The number of carbonyl (C=O) groups excluding carboxylic acids is 3. The molecule has 0 saturated carbocycles. The van der Waals surface area contributed by atoms with Crippen molar-refractivity contribution in [3.8, 4) is 0 Å². The highest BCUT2D eigenvalue weighted by Gasteiger charge is 2.36. The van der Waals surface area contributed by atoms with Crippen molar-refractivity contribution in [3.63, 3.8) is 0 Å². The summed E-state index contributed by atoms with van der Waals surface area (Å²) < 4.78 is 1.70. The van der Waals surface area contributed by atoms with Gasteiger partial charge in [-0.1, -0.05) is 60.2 Å². The summed E-state index contributed by atoms with van der Waals surface area (Å²) in [6.07, 6.45) is 1.62. The third kappa shape index (κ3) is 4.11. The zero-order chi connectivity index (χ0) is 23.7. The fourth-order valence-corrected chi connectivity index (χ4v) is 3.96. The van der Waals surface area contributed by atoms with Crippen LogP contribution in [0.1, 0.15) is 47.8 Å². The van der Waals surface area contributed by atoms with Gasteiger partial charge in [-0.25, -0.2) is 4.68 Å². The molecule has 0 atom stereocenters. The van der Waals surface area contributed by atoms with Gasteiger partial charge in [0.1, 0.15) is 5.82 Å². The Morgan fingerprint density at radius 2 is 1.53 bits per heavy atom. The van der Waals surface area contributed by atoms with Crippen LogP contribution in [0.3, 0.4) is 0 Å². The first kappa shape index (κ1) is 21.3. The normalized spacial score (nSPS) is 12.7. The molecule has 0 saturated heterocycles. The Bertz CT molecular complexity index is 1390. The van der Waals surface area contributed by atoms with Crippen molar-refractivity contribution in [1.29, 1.82) is 0 Å². The summed E-state index contributed by atoms with van der Waals surface area (Å²) >= 11 is 0. The van der Waals surface area contributed by atoms with E-state index in [1.807, 2.05) is 61.5 Å². The summed E-state index contributed by atoms with van der Waals surface area (Å²) in [6, 6.07) is 23.7. The second kappa shape index (κ2) is 8.78. The second-order valence-corrected chi connectivity index (χ2v) is 8.26. The molecule has 1 aromatic heterocycles. The maximum absolute atomic E-state index is 13.0. The van der Waals surface area contributed by atoms with Crippen LogP contribution in [0.2, 0.25) is 0 Å². The number of aryl methyl sites for hydroxylation is 1. The molecular formula is C27H22N4O3. The Morgan fingerprint density at radius 1 is 0.824 bits per heavy atom. The van der Waals surface area contributed by atoms with Gasteiger partial charge < -0.3 is 5.32 Å². The lowest BCUT2D eigenvalue weighted by Gasteiger charge is -2.13. The number of fused-ring (bicyclic) bond motifs is 1. The number of amides is 3. The van der Waals surface area contributed by atoms with Gasteiger partial charge in [0.15, 0.2) is 0 Å².